The molecule has 1 aromatic heterocycles. The van der Waals surface area contributed by atoms with Crippen LogP contribution in [0.25, 0.3) is 11.1 Å². The molecule has 27 heavy (non-hydrogen) atoms. The van der Waals surface area contributed by atoms with Gasteiger partial charge >= 0.3 is 5.97 Å². The predicted octanol–water partition coefficient (Wildman–Crippen LogP) is 3.22. The molecule has 1 atom stereocenters. The number of rotatable bonds is 4. The highest BCUT2D eigenvalue weighted by Crippen LogP contribution is 2.27. The van der Waals surface area contributed by atoms with E-state index in [1.807, 2.05) is 34.1 Å². The monoisotopic (exact) mass is 369 g/mol. The van der Waals surface area contributed by atoms with Crippen molar-refractivity contribution in [3.05, 3.63) is 59.4 Å². The Labute approximate surface area is 155 Å². The summed E-state index contributed by atoms with van der Waals surface area (Å²) < 4.78 is 19.3. The van der Waals surface area contributed by atoms with E-state index in [0.29, 0.717) is 43.3 Å². The molecule has 0 unspecified atom stereocenters. The van der Waals surface area contributed by atoms with E-state index in [0.717, 1.165) is 11.1 Å². The summed E-state index contributed by atoms with van der Waals surface area (Å²) in [5, 5.41) is 9.74. The van der Waals surface area contributed by atoms with Crippen LogP contribution in [0.4, 0.5) is 10.4 Å². The number of carbonyl (C=O) groups is 1. The molecule has 0 saturated carbocycles. The molecule has 0 spiro atoms. The number of aliphatic carboxylic acids is 1. The summed E-state index contributed by atoms with van der Waals surface area (Å²) in [6.07, 6.45) is 0. The fourth-order valence-electron chi connectivity index (χ4n) is 3.51. The van der Waals surface area contributed by atoms with E-state index in [4.69, 9.17) is 4.42 Å². The lowest BCUT2D eigenvalue weighted by molar-refractivity contribution is -0.143. The average molecular weight is 369 g/mol. The summed E-state index contributed by atoms with van der Waals surface area (Å²) in [4.78, 5) is 20.3. The van der Waals surface area contributed by atoms with Crippen LogP contribution in [0.2, 0.25) is 0 Å². The first-order chi connectivity index (χ1) is 13.0. The molecule has 2 aromatic carbocycles. The Bertz CT molecular complexity index is 947. The summed E-state index contributed by atoms with van der Waals surface area (Å²) in [5.74, 6) is -1.26. The van der Waals surface area contributed by atoms with Gasteiger partial charge < -0.3 is 14.4 Å². The lowest BCUT2D eigenvalue weighted by atomic mass is 10.0. The zero-order valence-corrected chi connectivity index (χ0v) is 14.9. The third kappa shape index (κ3) is 3.38. The van der Waals surface area contributed by atoms with Crippen LogP contribution in [0.3, 0.4) is 0 Å². The van der Waals surface area contributed by atoms with E-state index >= 15 is 0 Å². The first-order valence-electron chi connectivity index (χ1n) is 8.86. The minimum Gasteiger partial charge on any atom is -0.480 e. The van der Waals surface area contributed by atoms with Gasteiger partial charge in [-0.3, -0.25) is 9.69 Å². The third-order valence-electron chi connectivity index (χ3n) is 4.96. The average Bonchev–Trinajstić information content (AvgIpc) is 3.09. The molecule has 4 rings (SSSR count). The van der Waals surface area contributed by atoms with Gasteiger partial charge in [-0.1, -0.05) is 24.3 Å². The smallest absolute Gasteiger partial charge is 0.325 e. The maximum absolute atomic E-state index is 13.5. The first-order valence-corrected chi connectivity index (χ1v) is 8.86. The molecule has 0 aliphatic carbocycles. The second-order valence-corrected chi connectivity index (χ2v) is 6.74. The van der Waals surface area contributed by atoms with Gasteiger partial charge in [0.2, 0.25) is 0 Å². The topological polar surface area (TPSA) is 69.8 Å². The van der Waals surface area contributed by atoms with Crippen LogP contribution in [0.15, 0.2) is 46.9 Å². The zero-order chi connectivity index (χ0) is 19.0. The Kier molecular flexibility index (Phi) is 4.53. The fourth-order valence-corrected chi connectivity index (χ4v) is 3.51. The van der Waals surface area contributed by atoms with Gasteiger partial charge in [0.05, 0.1) is 0 Å². The summed E-state index contributed by atoms with van der Waals surface area (Å²) in [5.41, 5.74) is 2.58. The number of piperazine rings is 1. The summed E-state index contributed by atoms with van der Waals surface area (Å²) in [6, 6.07) is 11.8. The predicted molar refractivity (Wildman–Crippen MR) is 99.3 cm³/mol. The van der Waals surface area contributed by atoms with Gasteiger partial charge in [0, 0.05) is 26.2 Å². The molecule has 1 fully saturated rings. The number of benzene rings is 2. The van der Waals surface area contributed by atoms with Crippen LogP contribution in [0.5, 0.6) is 0 Å². The highest BCUT2D eigenvalue weighted by Gasteiger charge is 2.31. The van der Waals surface area contributed by atoms with E-state index in [2.05, 4.69) is 4.98 Å². The molecule has 1 N–H and O–H groups in total. The SMILES string of the molecule is Cc1cc([C@H](C(=O)O)N2CCN(c3nc4ccccc4o3)CC2)ccc1F. The molecule has 0 amide bonds. The Morgan fingerprint density at radius 2 is 1.93 bits per heavy atom. The van der Waals surface area contributed by atoms with Crippen molar-refractivity contribution in [2.24, 2.45) is 0 Å². The number of hydrogen-bond donors (Lipinski definition) is 1. The van der Waals surface area contributed by atoms with Crippen molar-refractivity contribution in [3.63, 3.8) is 0 Å². The molecule has 6 nitrogen and oxygen atoms in total. The van der Waals surface area contributed by atoms with Gasteiger partial charge in [0.1, 0.15) is 17.4 Å². The summed E-state index contributed by atoms with van der Waals surface area (Å²) >= 11 is 0. The van der Waals surface area contributed by atoms with Crippen LogP contribution >= 0.6 is 0 Å². The number of aromatic nitrogens is 1. The van der Waals surface area contributed by atoms with E-state index < -0.39 is 12.0 Å². The molecule has 1 saturated heterocycles. The molecule has 7 heteroatoms. The van der Waals surface area contributed by atoms with E-state index in [-0.39, 0.29) is 5.82 Å². The molecule has 3 aromatic rings. The molecule has 0 radical (unpaired) electrons. The highest BCUT2D eigenvalue weighted by atomic mass is 19.1. The van der Waals surface area contributed by atoms with Crippen LogP contribution < -0.4 is 4.90 Å². The maximum Gasteiger partial charge on any atom is 0.325 e. The third-order valence-corrected chi connectivity index (χ3v) is 4.96. The summed E-state index contributed by atoms with van der Waals surface area (Å²) in [6.45, 7) is 3.95. The molecular weight excluding hydrogens is 349 g/mol. The van der Waals surface area contributed by atoms with Crippen LogP contribution in [-0.2, 0) is 4.79 Å². The number of carboxylic acid groups (broad SMARTS) is 1. The molecule has 1 aliphatic rings. The van der Waals surface area contributed by atoms with Gasteiger partial charge in [-0.25, -0.2) is 4.39 Å². The first kappa shape index (κ1) is 17.5. The second kappa shape index (κ2) is 7.00. The van der Waals surface area contributed by atoms with Gasteiger partial charge in [-0.05, 0) is 36.2 Å². The van der Waals surface area contributed by atoms with E-state index in [1.165, 1.54) is 6.07 Å². The Morgan fingerprint density at radius 3 is 2.59 bits per heavy atom. The van der Waals surface area contributed by atoms with Crippen LogP contribution in [0, 0.1) is 12.7 Å². The number of para-hydroxylation sites is 2. The van der Waals surface area contributed by atoms with Gasteiger partial charge in [-0.2, -0.15) is 4.98 Å². The quantitative estimate of drug-likeness (QED) is 0.762. The van der Waals surface area contributed by atoms with Crippen molar-refractivity contribution in [2.45, 2.75) is 13.0 Å². The molecule has 140 valence electrons. The number of hydrogen-bond acceptors (Lipinski definition) is 5. The molecule has 2 heterocycles. The number of fused-ring (bicyclic) bond motifs is 1. The summed E-state index contributed by atoms with van der Waals surface area (Å²) in [7, 11) is 0. The number of oxazole rings is 1. The normalized spacial score (nSPS) is 16.6. The van der Waals surface area contributed by atoms with E-state index in [1.54, 1.807) is 19.1 Å². The number of carboxylic acids is 1. The van der Waals surface area contributed by atoms with Gasteiger partial charge in [0.25, 0.3) is 6.01 Å². The Hall–Kier alpha value is -2.93. The molecular formula is C20H20FN3O3. The number of halogens is 1. The van der Waals surface area contributed by atoms with Crippen LogP contribution in [-0.4, -0.2) is 47.1 Å². The van der Waals surface area contributed by atoms with Gasteiger partial charge in [-0.15, -0.1) is 0 Å². The van der Waals surface area contributed by atoms with Crippen LogP contribution in [0.1, 0.15) is 17.2 Å². The Morgan fingerprint density at radius 1 is 1.19 bits per heavy atom. The largest absolute Gasteiger partial charge is 0.480 e. The fraction of sp³-hybridized carbons (Fsp3) is 0.300. The van der Waals surface area contributed by atoms with Crippen molar-refractivity contribution in [1.29, 1.82) is 0 Å². The Balaban J connectivity index is 1.51. The number of anilines is 1. The lowest BCUT2D eigenvalue weighted by Gasteiger charge is -2.37. The zero-order valence-electron chi connectivity index (χ0n) is 14.9. The minimum absolute atomic E-state index is 0.330. The van der Waals surface area contributed by atoms with Gasteiger partial charge in [0.15, 0.2) is 5.58 Å². The van der Waals surface area contributed by atoms with Crippen molar-refractivity contribution < 1.29 is 18.7 Å². The van der Waals surface area contributed by atoms with Crippen molar-refractivity contribution >= 4 is 23.1 Å². The maximum atomic E-state index is 13.5. The lowest BCUT2D eigenvalue weighted by Crippen LogP contribution is -2.49. The molecule has 1 aliphatic heterocycles. The minimum atomic E-state index is -0.934. The van der Waals surface area contributed by atoms with E-state index in [9.17, 15) is 14.3 Å². The van der Waals surface area contributed by atoms with Crippen molar-refractivity contribution in [1.82, 2.24) is 9.88 Å². The molecule has 0 bridgehead atoms. The van der Waals surface area contributed by atoms with Crippen molar-refractivity contribution in [2.75, 3.05) is 31.1 Å². The highest BCUT2D eigenvalue weighted by molar-refractivity contribution is 5.76. The number of nitrogens with zero attached hydrogens (tertiary/aromatic N) is 3. The standard InChI is InChI=1S/C20H20FN3O3/c1-13-12-14(6-7-15(13)21)18(19(25)26)23-8-10-24(11-9-23)20-22-16-4-2-3-5-17(16)27-20/h2-7,12,18H,8-11H2,1H3,(H,25,26)/t18-/m1/s1. The van der Waals surface area contributed by atoms with Crippen molar-refractivity contribution in [3.8, 4) is 0 Å². The number of aryl methyl sites for hydroxylation is 1. The second-order valence-electron chi connectivity index (χ2n) is 6.74.